The predicted molar refractivity (Wildman–Crippen MR) is 43.4 cm³/mol. The van der Waals surface area contributed by atoms with Gasteiger partial charge in [-0.3, -0.25) is 9.11 Å². The van der Waals surface area contributed by atoms with Crippen molar-refractivity contribution in [2.75, 3.05) is 0 Å². The van der Waals surface area contributed by atoms with Crippen molar-refractivity contribution in [3.63, 3.8) is 0 Å². The average molecular weight is 369 g/mol. The zero-order valence-electron chi connectivity index (χ0n) is 9.75. The molecule has 0 aromatic carbocycles. The van der Waals surface area contributed by atoms with Gasteiger partial charge >= 0.3 is 56.4 Å². The van der Waals surface area contributed by atoms with Crippen molar-refractivity contribution < 1.29 is 98.4 Å². The molecule has 14 heteroatoms. The summed E-state index contributed by atoms with van der Waals surface area (Å²) < 4.78 is 31.6. The first-order chi connectivity index (χ1) is 7.78. The topological polar surface area (TPSA) is 215 Å². The fourth-order valence-electron chi connectivity index (χ4n) is 0.684. The van der Waals surface area contributed by atoms with E-state index in [0.29, 0.717) is 0 Å². The second-order valence-electron chi connectivity index (χ2n) is 2.86. The fraction of sp³-hybridized carbons (Fsp3) is 0.500. The minimum atomic E-state index is -4.67. The number of carboxylic acids is 3. The second kappa shape index (κ2) is 11.4. The Bertz CT molecular complexity index is 408. The van der Waals surface area contributed by atoms with Crippen molar-refractivity contribution >= 4 is 28.3 Å². The summed E-state index contributed by atoms with van der Waals surface area (Å²) in [6, 6.07) is 0. The molecule has 0 saturated carbocycles. The molecule has 0 aliphatic heterocycles. The minimum Gasteiger partial charge on any atom is -0.550 e. The number of hydrogen-bond donors (Lipinski definition) is 3. The molecule has 0 atom stereocenters. The molecule has 0 unspecified atom stereocenters. The van der Waals surface area contributed by atoms with Crippen LogP contribution >= 0.6 is 0 Å². The zero-order valence-corrected chi connectivity index (χ0v) is 13.6. The maximum Gasteiger partial charge on any atom is 2.00 e. The van der Waals surface area contributed by atoms with Gasteiger partial charge < -0.3 is 34.8 Å². The third-order valence-electron chi connectivity index (χ3n) is 1.25. The van der Waals surface area contributed by atoms with Crippen LogP contribution in [0.4, 0.5) is 0 Å². The van der Waals surface area contributed by atoms with Crippen LogP contribution in [0.1, 0.15) is 12.8 Å². The van der Waals surface area contributed by atoms with Crippen molar-refractivity contribution in [1.29, 1.82) is 0 Å². The van der Waals surface area contributed by atoms with Gasteiger partial charge in [0.2, 0.25) is 0 Å². The van der Waals surface area contributed by atoms with Gasteiger partial charge in [0.15, 0.2) is 0 Å². The molecule has 0 rings (SSSR count). The molecule has 0 heterocycles. The SMILES string of the molecule is O=C([O-])CC(O)(CC(=O)[O-])C(=O)[O-].O=S(=O)(O)O.[Na+].[Ni+2]. The predicted octanol–water partition coefficient (Wildman–Crippen LogP) is -8.90. The number of carbonyl (C=O) groups is 3. The molecule has 0 saturated heterocycles. The Kier molecular flexibility index (Phi) is 15.9. The molecular weight excluding hydrogens is 362 g/mol. The summed E-state index contributed by atoms with van der Waals surface area (Å²) in [6.45, 7) is 0. The van der Waals surface area contributed by atoms with Gasteiger partial charge in [-0.1, -0.05) is 0 Å². The summed E-state index contributed by atoms with van der Waals surface area (Å²) in [5, 5.41) is 38.9. The van der Waals surface area contributed by atoms with Gasteiger partial charge in [0.05, 0.1) is 5.97 Å². The third-order valence-corrected chi connectivity index (χ3v) is 1.25. The van der Waals surface area contributed by atoms with Gasteiger partial charge in [-0.25, -0.2) is 0 Å². The number of rotatable bonds is 5. The van der Waals surface area contributed by atoms with E-state index in [4.69, 9.17) is 22.6 Å². The van der Waals surface area contributed by atoms with Crippen LogP contribution in [0.25, 0.3) is 0 Å². The van der Waals surface area contributed by atoms with E-state index in [1.54, 1.807) is 0 Å². The summed E-state index contributed by atoms with van der Waals surface area (Å²) in [7, 11) is -4.67. The summed E-state index contributed by atoms with van der Waals surface area (Å²) in [4.78, 5) is 30.0. The Labute approximate surface area is 144 Å². The molecule has 0 aliphatic carbocycles. The van der Waals surface area contributed by atoms with Gasteiger partial charge in [0, 0.05) is 24.8 Å². The first-order valence-electron chi connectivity index (χ1n) is 3.81. The van der Waals surface area contributed by atoms with Crippen LogP contribution in [0.2, 0.25) is 0 Å². The first-order valence-corrected chi connectivity index (χ1v) is 5.21. The van der Waals surface area contributed by atoms with E-state index in [2.05, 4.69) is 0 Å². The van der Waals surface area contributed by atoms with Crippen LogP contribution in [0.3, 0.4) is 0 Å². The maximum absolute atomic E-state index is 10.1. The van der Waals surface area contributed by atoms with E-state index >= 15 is 0 Å². The van der Waals surface area contributed by atoms with Gasteiger partial charge in [-0.15, -0.1) is 0 Å². The van der Waals surface area contributed by atoms with Crippen molar-refractivity contribution in [3.8, 4) is 0 Å². The van der Waals surface area contributed by atoms with Crippen LogP contribution in [0.5, 0.6) is 0 Å². The van der Waals surface area contributed by atoms with Crippen LogP contribution in [-0.2, 0) is 41.3 Å². The van der Waals surface area contributed by atoms with E-state index in [-0.39, 0.29) is 46.0 Å². The minimum absolute atomic E-state index is 0. The molecule has 114 valence electrons. The number of aliphatic carboxylic acids is 3. The number of carboxylic acid groups (broad SMARTS) is 3. The third kappa shape index (κ3) is 20.1. The van der Waals surface area contributed by atoms with Crippen molar-refractivity contribution in [2.24, 2.45) is 0 Å². The zero-order chi connectivity index (χ0) is 15.1. The molecule has 0 aromatic rings. The van der Waals surface area contributed by atoms with Crippen LogP contribution in [-0.4, -0.2) is 46.1 Å². The van der Waals surface area contributed by atoms with Gasteiger partial charge in [-0.2, -0.15) is 8.42 Å². The Morgan fingerprint density at radius 3 is 1.25 bits per heavy atom. The van der Waals surface area contributed by atoms with Crippen LogP contribution in [0, 0.1) is 0 Å². The number of hydrogen-bond acceptors (Lipinski definition) is 9. The number of carbonyl (C=O) groups excluding carboxylic acids is 3. The van der Waals surface area contributed by atoms with Crippen molar-refractivity contribution in [2.45, 2.75) is 18.4 Å². The number of aliphatic hydroxyl groups is 1. The van der Waals surface area contributed by atoms with Gasteiger partial charge in [-0.05, 0) is 0 Å². The molecule has 0 radical (unpaired) electrons. The first kappa shape index (κ1) is 28.0. The van der Waals surface area contributed by atoms with Gasteiger partial charge in [0.1, 0.15) is 5.60 Å². The largest absolute Gasteiger partial charge is 2.00 e. The molecule has 0 bridgehead atoms. The normalized spacial score (nSPS) is 9.95. The van der Waals surface area contributed by atoms with E-state index < -0.39 is 46.7 Å². The standard InChI is InChI=1S/C6H8O7.Na.Ni.H2O4S/c7-3(8)1-6(13,5(11)12)2-4(9)10;;;1-5(2,3)4/h13H,1-2H2,(H,7,8)(H,9,10)(H,11,12);;;(H2,1,2,3,4)/q;+1;+2;/p-3. The van der Waals surface area contributed by atoms with Crippen molar-refractivity contribution in [3.05, 3.63) is 0 Å². The smallest absolute Gasteiger partial charge is 0.550 e. The average Bonchev–Trinajstić information content (AvgIpc) is 1.95. The molecule has 20 heavy (non-hydrogen) atoms. The molecule has 0 aliphatic rings. The Morgan fingerprint density at radius 2 is 1.15 bits per heavy atom. The quantitative estimate of drug-likeness (QED) is 0.305. The molecule has 0 amide bonds. The fourth-order valence-corrected chi connectivity index (χ4v) is 0.684. The maximum atomic E-state index is 10.1. The van der Waals surface area contributed by atoms with Crippen LogP contribution < -0.4 is 44.9 Å². The molecule has 3 N–H and O–H groups in total. The van der Waals surface area contributed by atoms with Crippen molar-refractivity contribution in [1.82, 2.24) is 0 Å². The Morgan fingerprint density at radius 1 is 0.950 bits per heavy atom. The summed E-state index contributed by atoms with van der Waals surface area (Å²) in [5.41, 5.74) is -2.97. The van der Waals surface area contributed by atoms with E-state index in [1.807, 2.05) is 0 Å². The summed E-state index contributed by atoms with van der Waals surface area (Å²) in [5.74, 6) is -5.98. The monoisotopic (exact) mass is 368 g/mol. The summed E-state index contributed by atoms with van der Waals surface area (Å²) in [6.07, 6.45) is -2.72. The molecule has 0 aromatic heterocycles. The van der Waals surface area contributed by atoms with E-state index in [0.717, 1.165) is 0 Å². The second-order valence-corrected chi connectivity index (χ2v) is 3.76. The van der Waals surface area contributed by atoms with E-state index in [1.165, 1.54) is 0 Å². The van der Waals surface area contributed by atoms with E-state index in [9.17, 15) is 29.7 Å². The molecule has 0 fully saturated rings. The molecular formula is C6H7NaNiO11S. The van der Waals surface area contributed by atoms with Crippen LogP contribution in [0.15, 0.2) is 0 Å². The van der Waals surface area contributed by atoms with Gasteiger partial charge in [0.25, 0.3) is 0 Å². The Balaban J connectivity index is -0.000000158. The summed E-state index contributed by atoms with van der Waals surface area (Å²) >= 11 is 0. The molecule has 11 nitrogen and oxygen atoms in total. The Hall–Kier alpha value is -0.266. The molecule has 0 spiro atoms.